The first-order valence-electron chi connectivity index (χ1n) is 6.83. The van der Waals surface area contributed by atoms with Gasteiger partial charge in [0.25, 0.3) is 0 Å². The quantitative estimate of drug-likeness (QED) is 0.442. The molecule has 0 aliphatic carbocycles. The van der Waals surface area contributed by atoms with Crippen molar-refractivity contribution in [1.29, 1.82) is 0 Å². The van der Waals surface area contributed by atoms with Crippen molar-refractivity contribution in [3.05, 3.63) is 35.8 Å². The van der Waals surface area contributed by atoms with E-state index in [4.69, 9.17) is 21.4 Å². The maximum Gasteiger partial charge on any atom is 0.241 e. The SMILES string of the molecule is CCOC(=S)SN(Cc1ccco1)C(=O)CCC=C(C)C. The monoisotopic (exact) mass is 327 g/mol. The third-order valence-corrected chi connectivity index (χ3v) is 3.68. The van der Waals surface area contributed by atoms with Gasteiger partial charge in [0.15, 0.2) is 0 Å². The standard InChI is InChI=1S/C15H21NO3S2/c1-4-18-15(20)21-16(11-13-8-6-10-19-13)14(17)9-5-7-12(2)3/h6-8,10H,4-5,9,11H2,1-3H3. The molecule has 1 amide bonds. The van der Waals surface area contributed by atoms with Gasteiger partial charge in [0.05, 0.1) is 19.4 Å². The summed E-state index contributed by atoms with van der Waals surface area (Å²) in [5, 5.41) is 0. The van der Waals surface area contributed by atoms with Crippen LogP contribution in [0.2, 0.25) is 0 Å². The van der Waals surface area contributed by atoms with E-state index in [1.165, 1.54) is 5.57 Å². The van der Waals surface area contributed by atoms with Gasteiger partial charge in [0, 0.05) is 18.4 Å². The lowest BCUT2D eigenvalue weighted by atomic mass is 10.2. The van der Waals surface area contributed by atoms with Crippen molar-refractivity contribution in [2.24, 2.45) is 0 Å². The molecular formula is C15H21NO3S2. The van der Waals surface area contributed by atoms with Crippen LogP contribution in [0.5, 0.6) is 0 Å². The average Bonchev–Trinajstić information content (AvgIpc) is 2.90. The van der Waals surface area contributed by atoms with Crippen LogP contribution in [0.4, 0.5) is 0 Å². The molecular weight excluding hydrogens is 306 g/mol. The number of carbonyl (C=O) groups is 1. The fourth-order valence-electron chi connectivity index (χ4n) is 1.56. The number of carbonyl (C=O) groups excluding carboxylic acids is 1. The third-order valence-electron chi connectivity index (χ3n) is 2.52. The second-order valence-corrected chi connectivity index (χ2v) is 6.23. The van der Waals surface area contributed by atoms with E-state index in [2.05, 4.69) is 6.08 Å². The third kappa shape index (κ3) is 7.34. The Labute approximate surface area is 135 Å². The summed E-state index contributed by atoms with van der Waals surface area (Å²) in [4.78, 5) is 12.3. The van der Waals surface area contributed by atoms with E-state index in [0.717, 1.165) is 24.1 Å². The largest absolute Gasteiger partial charge is 0.478 e. The highest BCUT2D eigenvalue weighted by molar-refractivity contribution is 8.21. The molecule has 116 valence electrons. The Bertz CT molecular complexity index is 479. The van der Waals surface area contributed by atoms with E-state index in [0.29, 0.717) is 24.0 Å². The molecule has 0 saturated carbocycles. The van der Waals surface area contributed by atoms with Crippen molar-refractivity contribution < 1.29 is 13.9 Å². The fraction of sp³-hybridized carbons (Fsp3) is 0.467. The summed E-state index contributed by atoms with van der Waals surface area (Å²) < 4.78 is 12.5. The molecule has 1 aromatic heterocycles. The molecule has 0 N–H and O–H groups in total. The van der Waals surface area contributed by atoms with Crippen LogP contribution in [-0.4, -0.2) is 21.2 Å². The number of thiocarbonyl (C=S) groups is 1. The molecule has 1 rings (SSSR count). The van der Waals surface area contributed by atoms with Crippen molar-refractivity contribution >= 4 is 34.5 Å². The van der Waals surface area contributed by atoms with E-state index in [1.54, 1.807) is 16.6 Å². The summed E-state index contributed by atoms with van der Waals surface area (Å²) in [6.45, 7) is 6.76. The molecule has 0 bridgehead atoms. The van der Waals surface area contributed by atoms with Crippen LogP contribution >= 0.6 is 24.2 Å². The molecule has 1 heterocycles. The van der Waals surface area contributed by atoms with Crippen molar-refractivity contribution in [3.63, 3.8) is 0 Å². The number of allylic oxidation sites excluding steroid dienone is 2. The first kappa shape index (κ1) is 17.8. The van der Waals surface area contributed by atoms with E-state index in [9.17, 15) is 4.79 Å². The number of amides is 1. The summed E-state index contributed by atoms with van der Waals surface area (Å²) >= 11 is 6.25. The number of hydrogen-bond acceptors (Lipinski definition) is 5. The lowest BCUT2D eigenvalue weighted by molar-refractivity contribution is -0.126. The van der Waals surface area contributed by atoms with Crippen molar-refractivity contribution in [1.82, 2.24) is 4.31 Å². The Morgan fingerprint density at radius 3 is 2.86 bits per heavy atom. The van der Waals surface area contributed by atoms with Crippen molar-refractivity contribution in [2.75, 3.05) is 6.61 Å². The zero-order chi connectivity index (χ0) is 15.7. The van der Waals surface area contributed by atoms with Crippen LogP contribution in [0.3, 0.4) is 0 Å². The lowest BCUT2D eigenvalue weighted by Crippen LogP contribution is -2.25. The number of rotatable bonds is 6. The predicted molar refractivity (Wildman–Crippen MR) is 89.7 cm³/mol. The summed E-state index contributed by atoms with van der Waals surface area (Å²) in [6.07, 6.45) is 4.80. The molecule has 4 nitrogen and oxygen atoms in total. The first-order valence-corrected chi connectivity index (χ1v) is 8.02. The molecule has 21 heavy (non-hydrogen) atoms. The van der Waals surface area contributed by atoms with Crippen LogP contribution < -0.4 is 0 Å². The fourth-order valence-corrected chi connectivity index (χ4v) is 2.68. The van der Waals surface area contributed by atoms with Gasteiger partial charge < -0.3 is 9.15 Å². The number of ether oxygens (including phenoxy) is 1. The zero-order valence-corrected chi connectivity index (χ0v) is 14.3. The highest BCUT2D eigenvalue weighted by Gasteiger charge is 2.18. The van der Waals surface area contributed by atoms with Crippen LogP contribution in [0.15, 0.2) is 34.5 Å². The molecule has 1 aromatic rings. The zero-order valence-electron chi connectivity index (χ0n) is 12.6. The highest BCUT2D eigenvalue weighted by atomic mass is 32.2. The summed E-state index contributed by atoms with van der Waals surface area (Å²) in [5.74, 6) is 0.730. The minimum Gasteiger partial charge on any atom is -0.478 e. The second kappa shape index (κ2) is 9.63. The molecule has 0 unspecified atom stereocenters. The summed E-state index contributed by atoms with van der Waals surface area (Å²) in [7, 11) is 0. The maximum atomic E-state index is 12.3. The van der Waals surface area contributed by atoms with E-state index in [-0.39, 0.29) is 5.91 Å². The molecule has 0 spiro atoms. The van der Waals surface area contributed by atoms with Crippen LogP contribution in [0.1, 0.15) is 39.4 Å². The van der Waals surface area contributed by atoms with Crippen molar-refractivity contribution in [3.8, 4) is 0 Å². The van der Waals surface area contributed by atoms with Crippen LogP contribution in [0.25, 0.3) is 0 Å². The van der Waals surface area contributed by atoms with Crippen molar-refractivity contribution in [2.45, 2.75) is 40.2 Å². The minimum absolute atomic E-state index is 0.0101. The Hall–Kier alpha value is -1.27. The van der Waals surface area contributed by atoms with Gasteiger partial charge in [-0.25, -0.2) is 0 Å². The van der Waals surface area contributed by atoms with E-state index >= 15 is 0 Å². The normalized spacial score (nSPS) is 10.0. The predicted octanol–water partition coefficient (Wildman–Crippen LogP) is 4.32. The first-order chi connectivity index (χ1) is 10.0. The molecule has 0 aromatic carbocycles. The van der Waals surface area contributed by atoms with Gasteiger partial charge in [-0.15, -0.1) is 0 Å². The smallest absolute Gasteiger partial charge is 0.241 e. The van der Waals surface area contributed by atoms with Gasteiger partial charge in [-0.05, 0) is 51.5 Å². The number of nitrogens with zero attached hydrogens (tertiary/aromatic N) is 1. The molecule has 0 fully saturated rings. The second-order valence-electron chi connectivity index (χ2n) is 4.60. The molecule has 0 aliphatic heterocycles. The maximum absolute atomic E-state index is 12.3. The average molecular weight is 327 g/mol. The van der Waals surface area contributed by atoms with Gasteiger partial charge in [0.2, 0.25) is 10.3 Å². The molecule has 0 radical (unpaired) electrons. The summed E-state index contributed by atoms with van der Waals surface area (Å²) in [5.41, 5.74) is 1.21. The van der Waals surface area contributed by atoms with Gasteiger partial charge in [0.1, 0.15) is 5.76 Å². The topological polar surface area (TPSA) is 42.7 Å². The minimum atomic E-state index is 0.0101. The van der Waals surface area contributed by atoms with Gasteiger partial charge in [-0.1, -0.05) is 11.6 Å². The van der Waals surface area contributed by atoms with Crippen LogP contribution in [-0.2, 0) is 16.1 Å². The molecule has 0 aliphatic rings. The Morgan fingerprint density at radius 1 is 1.52 bits per heavy atom. The Balaban J connectivity index is 2.63. The number of furan rings is 1. The molecule has 0 atom stereocenters. The summed E-state index contributed by atoms with van der Waals surface area (Å²) in [6, 6.07) is 3.63. The van der Waals surface area contributed by atoms with E-state index in [1.807, 2.05) is 26.8 Å². The highest BCUT2D eigenvalue weighted by Crippen LogP contribution is 2.20. The Morgan fingerprint density at radius 2 is 2.29 bits per heavy atom. The van der Waals surface area contributed by atoms with E-state index < -0.39 is 0 Å². The van der Waals surface area contributed by atoms with Gasteiger partial charge >= 0.3 is 0 Å². The molecule has 0 saturated heterocycles. The van der Waals surface area contributed by atoms with Gasteiger partial charge in [-0.2, -0.15) is 0 Å². The number of hydrogen-bond donors (Lipinski definition) is 0. The van der Waals surface area contributed by atoms with Gasteiger partial charge in [-0.3, -0.25) is 9.10 Å². The Kier molecular flexibility index (Phi) is 8.15. The van der Waals surface area contributed by atoms with Crippen LogP contribution in [0, 0.1) is 0 Å². The lowest BCUT2D eigenvalue weighted by Gasteiger charge is -2.20. The molecule has 6 heteroatoms.